The Kier molecular flexibility index (Phi) is 7.75. The fraction of sp³-hybridized carbons (Fsp3) is 0.250. The van der Waals surface area contributed by atoms with E-state index < -0.39 is 5.97 Å². The van der Waals surface area contributed by atoms with Gasteiger partial charge in [0.25, 0.3) is 0 Å². The van der Waals surface area contributed by atoms with E-state index >= 15 is 0 Å². The van der Waals surface area contributed by atoms with E-state index in [1.165, 1.54) is 6.92 Å². The molecule has 0 spiro atoms. The number of carbonyl (C=O) groups is 1. The van der Waals surface area contributed by atoms with E-state index in [-0.39, 0.29) is 32.1 Å². The van der Waals surface area contributed by atoms with Crippen LogP contribution in [0.5, 0.6) is 0 Å². The molecule has 0 aliphatic carbocycles. The average molecular weight is 328 g/mol. The Morgan fingerprint density at radius 2 is 2.22 bits per heavy atom. The third-order valence-corrected chi connectivity index (χ3v) is 0.582. The zero-order valence-electron chi connectivity index (χ0n) is 4.92. The van der Waals surface area contributed by atoms with Gasteiger partial charge in [-0.3, -0.25) is 0 Å². The van der Waals surface area contributed by atoms with Gasteiger partial charge in [0.2, 0.25) is 0 Å². The Hall–Kier alpha value is -0.134. The van der Waals surface area contributed by atoms with E-state index in [0.717, 1.165) is 6.26 Å². The number of nitrogens with two attached hydrogens (primary N) is 1. The normalized spacial score (nSPS) is 9.78. The summed E-state index contributed by atoms with van der Waals surface area (Å²) in [5, 5.41) is 8.11. The van der Waals surface area contributed by atoms with Gasteiger partial charge in [0, 0.05) is 0 Å². The molecule has 0 atom stereocenters. The standard InChI is InChI=1S/C4H7NO3.Po.2H/c1-3(2-8-5)4(6)7;;;/h2H,5H2,1H3,(H,6,7);;;. The van der Waals surface area contributed by atoms with E-state index in [4.69, 9.17) is 5.11 Å². The summed E-state index contributed by atoms with van der Waals surface area (Å²) < 4.78 is 0. The molecule has 9 heavy (non-hydrogen) atoms. The summed E-state index contributed by atoms with van der Waals surface area (Å²) in [7, 11) is 0. The van der Waals surface area contributed by atoms with Crippen molar-refractivity contribution >= 4 is 32.5 Å². The molecule has 0 aromatic rings. The van der Waals surface area contributed by atoms with Crippen LogP contribution in [-0.4, -0.2) is 37.6 Å². The van der Waals surface area contributed by atoms with Gasteiger partial charge in [0.15, 0.2) is 0 Å². The summed E-state index contributed by atoms with van der Waals surface area (Å²) in [6.45, 7) is 1.38. The van der Waals surface area contributed by atoms with Gasteiger partial charge in [-0.1, -0.05) is 0 Å². The van der Waals surface area contributed by atoms with E-state index in [0.29, 0.717) is 0 Å². The van der Waals surface area contributed by atoms with E-state index in [1.807, 2.05) is 0 Å². The molecule has 4 nitrogen and oxygen atoms in total. The van der Waals surface area contributed by atoms with Crippen LogP contribution < -0.4 is 5.90 Å². The Labute approximate surface area is 72.1 Å². The monoisotopic (exact) mass is 328 g/mol. The van der Waals surface area contributed by atoms with Crippen LogP contribution in [0.2, 0.25) is 0 Å². The van der Waals surface area contributed by atoms with E-state index in [1.54, 1.807) is 0 Å². The third-order valence-electron chi connectivity index (χ3n) is 0.582. The molecule has 0 unspecified atom stereocenters. The van der Waals surface area contributed by atoms with Gasteiger partial charge in [-0.15, -0.1) is 0 Å². The van der Waals surface area contributed by atoms with E-state index in [2.05, 4.69) is 10.7 Å². The van der Waals surface area contributed by atoms with Gasteiger partial charge in [0.1, 0.15) is 6.26 Å². The van der Waals surface area contributed by atoms with Crippen molar-refractivity contribution in [3.05, 3.63) is 11.8 Å². The molecule has 0 fully saturated rings. The number of carboxylic acids is 1. The molecule has 0 heterocycles. The van der Waals surface area contributed by atoms with Crippen molar-refractivity contribution in [3.63, 3.8) is 0 Å². The number of rotatable bonds is 2. The van der Waals surface area contributed by atoms with Crippen LogP contribution in [0.3, 0.4) is 0 Å². The molecule has 0 bridgehead atoms. The van der Waals surface area contributed by atoms with Crippen LogP contribution in [0.4, 0.5) is 0 Å². The molecule has 0 rings (SSSR count). The zero-order chi connectivity index (χ0) is 6.57. The van der Waals surface area contributed by atoms with Gasteiger partial charge in [0.05, 0.1) is 5.57 Å². The Balaban J connectivity index is 0. The summed E-state index contributed by atoms with van der Waals surface area (Å²) in [5.74, 6) is 3.50. The molecular formula is C4H9NO3Po. The van der Waals surface area contributed by atoms with Gasteiger partial charge in [-0.05, 0) is 6.92 Å². The molecule has 0 saturated carbocycles. The molecule has 0 aromatic carbocycles. The van der Waals surface area contributed by atoms with Crippen molar-refractivity contribution in [3.8, 4) is 0 Å². The minimum atomic E-state index is -1.03. The number of hydrogen-bond acceptors (Lipinski definition) is 3. The van der Waals surface area contributed by atoms with Crippen molar-refractivity contribution in [1.82, 2.24) is 0 Å². The first-order valence-electron chi connectivity index (χ1n) is 1.94. The molecule has 0 aliphatic heterocycles. The second kappa shape index (κ2) is 5.99. The van der Waals surface area contributed by atoms with E-state index in [9.17, 15) is 4.79 Å². The van der Waals surface area contributed by atoms with Crippen molar-refractivity contribution in [2.24, 2.45) is 5.90 Å². The van der Waals surface area contributed by atoms with Gasteiger partial charge in [-0.25, -0.2) is 4.79 Å². The van der Waals surface area contributed by atoms with Crippen molar-refractivity contribution in [2.45, 2.75) is 6.92 Å². The fourth-order valence-corrected chi connectivity index (χ4v) is 0.152. The van der Waals surface area contributed by atoms with Gasteiger partial charge >= 0.3 is 32.5 Å². The molecule has 0 radical (unpaired) electrons. The number of carboxylic acid groups (broad SMARTS) is 1. The minimum absolute atomic E-state index is 0. The molecular weight excluding hydrogens is 319 g/mol. The molecule has 5 heteroatoms. The molecule has 0 aliphatic rings. The van der Waals surface area contributed by atoms with Gasteiger partial charge < -0.3 is 9.94 Å². The molecule has 0 amide bonds. The predicted octanol–water partition coefficient (Wildman–Crippen LogP) is -1.05. The molecule has 0 saturated heterocycles. The second-order valence-electron chi connectivity index (χ2n) is 1.24. The predicted molar refractivity (Wildman–Crippen MR) is 35.2 cm³/mol. The van der Waals surface area contributed by atoms with Crippen LogP contribution >= 0.6 is 0 Å². The quantitative estimate of drug-likeness (QED) is 0.385. The van der Waals surface area contributed by atoms with Crippen LogP contribution in [0, 0.1) is 0 Å². The zero-order valence-corrected chi connectivity index (χ0v) is 8.81. The van der Waals surface area contributed by atoms with Crippen LogP contribution in [-0.2, 0) is 9.63 Å². The number of hydrogen-bond donors (Lipinski definition) is 2. The topological polar surface area (TPSA) is 72.5 Å². The van der Waals surface area contributed by atoms with Gasteiger partial charge in [-0.2, -0.15) is 5.90 Å². The summed E-state index contributed by atoms with van der Waals surface area (Å²) in [6.07, 6.45) is 0.961. The summed E-state index contributed by atoms with van der Waals surface area (Å²) in [5.41, 5.74) is 0.0764. The Morgan fingerprint density at radius 1 is 1.78 bits per heavy atom. The van der Waals surface area contributed by atoms with Crippen LogP contribution in [0.25, 0.3) is 0 Å². The first-order valence-corrected chi connectivity index (χ1v) is 1.94. The molecule has 0 aromatic heterocycles. The maximum atomic E-state index is 9.89. The van der Waals surface area contributed by atoms with Crippen LogP contribution in [0.1, 0.15) is 6.92 Å². The third kappa shape index (κ3) is 5.74. The van der Waals surface area contributed by atoms with Crippen molar-refractivity contribution in [1.29, 1.82) is 0 Å². The SMILES string of the molecule is CC(=CON)C(=O)O.[PoH2]. The van der Waals surface area contributed by atoms with Crippen molar-refractivity contribution in [2.75, 3.05) is 0 Å². The maximum absolute atomic E-state index is 9.89. The number of aliphatic carboxylic acids is 1. The summed E-state index contributed by atoms with van der Waals surface area (Å²) in [4.78, 5) is 13.8. The fourth-order valence-electron chi connectivity index (χ4n) is 0.152. The summed E-state index contributed by atoms with van der Waals surface area (Å²) in [6, 6.07) is 0. The molecule has 3 N–H and O–H groups in total. The second-order valence-corrected chi connectivity index (χ2v) is 1.24. The first-order chi connectivity index (χ1) is 3.68. The average Bonchev–Trinajstić information content (AvgIpc) is 1.67. The Morgan fingerprint density at radius 3 is 2.33 bits per heavy atom. The molecule has 54 valence electrons. The first kappa shape index (κ1) is 11.6. The van der Waals surface area contributed by atoms with Crippen LogP contribution in [0.15, 0.2) is 11.8 Å². The Bertz CT molecular complexity index is 123. The summed E-state index contributed by atoms with van der Waals surface area (Å²) >= 11 is 0. The van der Waals surface area contributed by atoms with Crippen molar-refractivity contribution < 1.29 is 14.7 Å².